The molecule has 0 bridgehead atoms. The Balaban J connectivity index is 3.20. The molecule has 0 amide bonds. The molecule has 1 rings (SSSR count). The van der Waals surface area contributed by atoms with E-state index in [1.54, 1.807) is 13.0 Å². The van der Waals surface area contributed by atoms with Crippen LogP contribution in [0.2, 0.25) is 0 Å². The first-order chi connectivity index (χ1) is 7.54. The highest BCUT2D eigenvalue weighted by Gasteiger charge is 2.24. The second kappa shape index (κ2) is 5.09. The van der Waals surface area contributed by atoms with Crippen LogP contribution in [0.4, 0.5) is 5.82 Å². The summed E-state index contributed by atoms with van der Waals surface area (Å²) in [5.41, 5.74) is 5.55. The maximum absolute atomic E-state index is 12.1. The van der Waals surface area contributed by atoms with E-state index < -0.39 is 10.0 Å². The Morgan fingerprint density at radius 2 is 2.31 bits per heavy atom. The van der Waals surface area contributed by atoms with Crippen molar-refractivity contribution in [3.63, 3.8) is 0 Å². The fraction of sp³-hybridized carbons (Fsp3) is 0.300. The Hall–Kier alpha value is -1.40. The van der Waals surface area contributed by atoms with Crippen molar-refractivity contribution in [3.8, 4) is 0 Å². The smallest absolute Gasteiger partial charge is 0.247 e. The molecule has 0 unspecified atom stereocenters. The molecule has 1 aromatic heterocycles. The molecule has 1 aromatic rings. The van der Waals surface area contributed by atoms with Crippen LogP contribution in [0.15, 0.2) is 35.9 Å². The molecule has 0 aromatic carbocycles. The number of sulfonamides is 1. The van der Waals surface area contributed by atoms with Crippen LogP contribution in [0, 0.1) is 0 Å². The quantitative estimate of drug-likeness (QED) is 0.776. The van der Waals surface area contributed by atoms with Gasteiger partial charge in [0.05, 0.1) is 0 Å². The van der Waals surface area contributed by atoms with Gasteiger partial charge in [-0.25, -0.2) is 13.4 Å². The Morgan fingerprint density at radius 3 is 2.81 bits per heavy atom. The van der Waals surface area contributed by atoms with Gasteiger partial charge < -0.3 is 5.73 Å². The molecule has 0 saturated heterocycles. The van der Waals surface area contributed by atoms with Crippen LogP contribution in [0.1, 0.15) is 6.92 Å². The van der Waals surface area contributed by atoms with Gasteiger partial charge in [0.1, 0.15) is 10.7 Å². The van der Waals surface area contributed by atoms with Gasteiger partial charge in [0.25, 0.3) is 0 Å². The van der Waals surface area contributed by atoms with Gasteiger partial charge in [-0.05, 0) is 12.1 Å². The highest BCUT2D eigenvalue weighted by Crippen LogP contribution is 2.19. The number of nitrogens with two attached hydrogens (primary N) is 1. The van der Waals surface area contributed by atoms with E-state index in [-0.39, 0.29) is 17.3 Å². The molecule has 0 fully saturated rings. The Morgan fingerprint density at radius 1 is 1.62 bits per heavy atom. The van der Waals surface area contributed by atoms with Crippen LogP contribution in [-0.4, -0.2) is 30.8 Å². The average molecular weight is 241 g/mol. The van der Waals surface area contributed by atoms with Gasteiger partial charge in [0.2, 0.25) is 10.0 Å². The van der Waals surface area contributed by atoms with E-state index in [1.807, 2.05) is 0 Å². The molecular weight excluding hydrogens is 226 g/mol. The highest BCUT2D eigenvalue weighted by atomic mass is 32.2. The molecule has 1 heterocycles. The first kappa shape index (κ1) is 12.7. The van der Waals surface area contributed by atoms with Crippen LogP contribution in [0.25, 0.3) is 0 Å². The molecule has 0 aliphatic rings. The molecule has 0 radical (unpaired) electrons. The third kappa shape index (κ3) is 2.40. The second-order valence-electron chi connectivity index (χ2n) is 3.13. The summed E-state index contributed by atoms with van der Waals surface area (Å²) in [6.07, 6.45) is 2.99. The fourth-order valence-electron chi connectivity index (χ4n) is 1.30. The molecule has 88 valence electrons. The fourth-order valence-corrected chi connectivity index (χ4v) is 2.79. The summed E-state index contributed by atoms with van der Waals surface area (Å²) in [4.78, 5) is 3.81. The van der Waals surface area contributed by atoms with E-state index in [9.17, 15) is 8.42 Å². The SMILES string of the molecule is C=CCN(CC)S(=O)(=O)c1cccnc1N. The normalized spacial score (nSPS) is 11.6. The van der Waals surface area contributed by atoms with Crippen molar-refractivity contribution in [3.05, 3.63) is 31.0 Å². The lowest BCUT2D eigenvalue weighted by molar-refractivity contribution is 0.460. The van der Waals surface area contributed by atoms with E-state index in [4.69, 9.17) is 5.73 Å². The summed E-state index contributed by atoms with van der Waals surface area (Å²) >= 11 is 0. The van der Waals surface area contributed by atoms with Gasteiger partial charge in [-0.1, -0.05) is 13.0 Å². The van der Waals surface area contributed by atoms with Gasteiger partial charge in [0.15, 0.2) is 0 Å². The predicted molar refractivity (Wildman–Crippen MR) is 63.3 cm³/mol. The standard InChI is InChI=1S/C10H15N3O2S/c1-3-8-13(4-2)16(14,15)9-6-5-7-12-10(9)11/h3,5-7H,1,4,8H2,2H3,(H2,11,12). The van der Waals surface area contributed by atoms with E-state index >= 15 is 0 Å². The Labute approximate surface area is 95.6 Å². The number of likely N-dealkylation sites (N-methyl/N-ethyl adjacent to an activating group) is 1. The minimum atomic E-state index is -3.57. The van der Waals surface area contributed by atoms with Crippen molar-refractivity contribution in [1.82, 2.24) is 9.29 Å². The summed E-state index contributed by atoms with van der Waals surface area (Å²) in [5.74, 6) is 0.0185. The predicted octanol–water partition coefficient (Wildman–Crippen LogP) is 0.860. The van der Waals surface area contributed by atoms with Crippen LogP contribution in [0.5, 0.6) is 0 Å². The van der Waals surface area contributed by atoms with E-state index in [2.05, 4.69) is 11.6 Å². The minimum absolute atomic E-state index is 0.0185. The van der Waals surface area contributed by atoms with E-state index in [1.165, 1.54) is 22.6 Å². The van der Waals surface area contributed by atoms with Crippen molar-refractivity contribution in [2.45, 2.75) is 11.8 Å². The van der Waals surface area contributed by atoms with Gasteiger partial charge >= 0.3 is 0 Å². The summed E-state index contributed by atoms with van der Waals surface area (Å²) in [6.45, 7) is 5.90. The molecular formula is C10H15N3O2S. The monoisotopic (exact) mass is 241 g/mol. The minimum Gasteiger partial charge on any atom is -0.383 e. The van der Waals surface area contributed by atoms with Crippen molar-refractivity contribution in [2.75, 3.05) is 18.8 Å². The second-order valence-corrected chi connectivity index (χ2v) is 5.04. The van der Waals surface area contributed by atoms with Gasteiger partial charge in [0, 0.05) is 19.3 Å². The highest BCUT2D eigenvalue weighted by molar-refractivity contribution is 7.89. The summed E-state index contributed by atoms with van der Waals surface area (Å²) in [6, 6.07) is 2.99. The average Bonchev–Trinajstić information content (AvgIpc) is 2.26. The van der Waals surface area contributed by atoms with Crippen molar-refractivity contribution in [2.24, 2.45) is 0 Å². The maximum atomic E-state index is 12.1. The molecule has 5 nitrogen and oxygen atoms in total. The number of aromatic nitrogens is 1. The zero-order chi connectivity index (χ0) is 12.2. The first-order valence-corrected chi connectivity index (χ1v) is 6.29. The Kier molecular flexibility index (Phi) is 4.03. The molecule has 0 saturated carbocycles. The zero-order valence-corrected chi connectivity index (χ0v) is 9.94. The molecule has 2 N–H and O–H groups in total. The van der Waals surface area contributed by atoms with E-state index in [0.29, 0.717) is 6.54 Å². The van der Waals surface area contributed by atoms with Crippen molar-refractivity contribution >= 4 is 15.8 Å². The lowest BCUT2D eigenvalue weighted by Gasteiger charge is -2.19. The van der Waals surface area contributed by atoms with Crippen molar-refractivity contribution < 1.29 is 8.42 Å². The van der Waals surface area contributed by atoms with Crippen LogP contribution >= 0.6 is 0 Å². The summed E-state index contributed by atoms with van der Waals surface area (Å²) < 4.78 is 25.5. The van der Waals surface area contributed by atoms with Gasteiger partial charge in [-0.15, -0.1) is 6.58 Å². The van der Waals surface area contributed by atoms with Gasteiger partial charge in [-0.3, -0.25) is 0 Å². The van der Waals surface area contributed by atoms with Gasteiger partial charge in [-0.2, -0.15) is 4.31 Å². The largest absolute Gasteiger partial charge is 0.383 e. The third-order valence-corrected chi connectivity index (χ3v) is 4.09. The van der Waals surface area contributed by atoms with Crippen molar-refractivity contribution in [1.29, 1.82) is 0 Å². The molecule has 6 heteroatoms. The lowest BCUT2D eigenvalue weighted by Crippen LogP contribution is -2.31. The van der Waals surface area contributed by atoms with Crippen LogP contribution in [-0.2, 0) is 10.0 Å². The summed E-state index contributed by atoms with van der Waals surface area (Å²) in [7, 11) is -3.57. The summed E-state index contributed by atoms with van der Waals surface area (Å²) in [5, 5.41) is 0. The molecule has 0 atom stereocenters. The topological polar surface area (TPSA) is 76.3 Å². The number of nitrogen functional groups attached to an aromatic ring is 1. The molecule has 16 heavy (non-hydrogen) atoms. The number of nitrogens with zero attached hydrogens (tertiary/aromatic N) is 2. The van der Waals surface area contributed by atoms with Crippen LogP contribution in [0.3, 0.4) is 0 Å². The maximum Gasteiger partial charge on any atom is 0.247 e. The number of anilines is 1. The Bertz CT molecular complexity index is 471. The molecule has 0 aliphatic carbocycles. The first-order valence-electron chi connectivity index (χ1n) is 4.85. The number of hydrogen-bond acceptors (Lipinski definition) is 4. The molecule has 0 spiro atoms. The number of hydrogen-bond donors (Lipinski definition) is 1. The van der Waals surface area contributed by atoms with E-state index in [0.717, 1.165) is 0 Å². The van der Waals surface area contributed by atoms with Crippen LogP contribution < -0.4 is 5.73 Å². The molecule has 0 aliphatic heterocycles. The zero-order valence-electron chi connectivity index (χ0n) is 9.13. The number of rotatable bonds is 5. The third-order valence-electron chi connectivity index (χ3n) is 2.10. The lowest BCUT2D eigenvalue weighted by atomic mass is 10.5. The number of pyridine rings is 1.